The van der Waals surface area contributed by atoms with Crippen molar-refractivity contribution in [3.63, 3.8) is 0 Å². The van der Waals surface area contributed by atoms with Gasteiger partial charge in [-0.3, -0.25) is 0 Å². The van der Waals surface area contributed by atoms with Crippen LogP contribution in [0, 0.1) is 0 Å². The first-order chi connectivity index (χ1) is 10.3. The average Bonchev–Trinajstić information content (AvgIpc) is 3.16. The number of rotatable bonds is 5. The number of halogens is 1. The summed E-state index contributed by atoms with van der Waals surface area (Å²) in [5.74, 6) is 1.81. The highest BCUT2D eigenvalue weighted by Crippen LogP contribution is 2.39. The second-order valence-electron chi connectivity index (χ2n) is 6.08. The van der Waals surface area contributed by atoms with Crippen LogP contribution in [-0.2, 0) is 6.42 Å². The monoisotopic (exact) mass is 353 g/mol. The smallest absolute Gasteiger partial charge is 0.165 e. The Hall–Kier alpha value is -0.740. The van der Waals surface area contributed by atoms with Crippen LogP contribution in [0.15, 0.2) is 16.6 Å². The van der Waals surface area contributed by atoms with E-state index in [-0.39, 0.29) is 0 Å². The molecule has 0 amide bonds. The van der Waals surface area contributed by atoms with Gasteiger partial charge in [-0.15, -0.1) is 0 Å². The highest BCUT2D eigenvalue weighted by atomic mass is 79.9. The average molecular weight is 354 g/mol. The molecule has 1 aliphatic carbocycles. The number of ether oxygens (including phenoxy) is 2. The van der Waals surface area contributed by atoms with E-state index in [9.17, 15) is 0 Å². The lowest BCUT2D eigenvalue weighted by Gasteiger charge is -2.22. The van der Waals surface area contributed by atoms with Crippen LogP contribution < -0.4 is 14.8 Å². The zero-order valence-electron chi connectivity index (χ0n) is 12.7. The highest BCUT2D eigenvalue weighted by Gasteiger charge is 2.24. The normalized spacial score (nSPS) is 22.7. The minimum Gasteiger partial charge on any atom is -0.493 e. The van der Waals surface area contributed by atoms with E-state index in [1.54, 1.807) is 7.11 Å². The van der Waals surface area contributed by atoms with E-state index in [1.165, 1.54) is 31.2 Å². The van der Waals surface area contributed by atoms with Crippen LogP contribution in [0.5, 0.6) is 11.5 Å². The van der Waals surface area contributed by atoms with E-state index in [0.717, 1.165) is 41.8 Å². The number of benzene rings is 1. The third kappa shape index (κ3) is 3.54. The maximum Gasteiger partial charge on any atom is 0.165 e. The van der Waals surface area contributed by atoms with Gasteiger partial charge in [-0.2, -0.15) is 0 Å². The third-order valence-corrected chi connectivity index (χ3v) is 5.33. The molecule has 116 valence electrons. The molecule has 1 aromatic rings. The number of hydrogen-bond acceptors (Lipinski definition) is 3. The number of methoxy groups -OCH3 is 1. The van der Waals surface area contributed by atoms with Crippen molar-refractivity contribution in [2.24, 2.45) is 0 Å². The molecule has 0 bridgehead atoms. The van der Waals surface area contributed by atoms with Crippen molar-refractivity contribution in [3.05, 3.63) is 22.2 Å². The molecule has 0 aromatic heterocycles. The Kier molecular flexibility index (Phi) is 5.07. The van der Waals surface area contributed by atoms with Gasteiger partial charge in [-0.25, -0.2) is 0 Å². The van der Waals surface area contributed by atoms with E-state index in [4.69, 9.17) is 9.47 Å². The van der Waals surface area contributed by atoms with Crippen molar-refractivity contribution < 1.29 is 9.47 Å². The van der Waals surface area contributed by atoms with Gasteiger partial charge in [0.2, 0.25) is 0 Å². The minimum absolute atomic E-state index is 0.350. The Morgan fingerprint density at radius 2 is 2.00 bits per heavy atom. The second-order valence-corrected chi connectivity index (χ2v) is 6.93. The van der Waals surface area contributed by atoms with Crippen LogP contribution in [0.25, 0.3) is 0 Å². The maximum absolute atomic E-state index is 6.34. The fraction of sp³-hybridized carbons (Fsp3) is 0.647. The first kappa shape index (κ1) is 15.2. The molecule has 1 unspecified atom stereocenters. The minimum atomic E-state index is 0.350. The Balaban J connectivity index is 1.86. The second kappa shape index (κ2) is 7.01. The molecule has 1 saturated heterocycles. The van der Waals surface area contributed by atoms with Gasteiger partial charge in [-0.05, 0) is 63.6 Å². The summed E-state index contributed by atoms with van der Waals surface area (Å²) in [6, 6.07) is 4.63. The van der Waals surface area contributed by atoms with Gasteiger partial charge in [0, 0.05) is 16.1 Å². The molecule has 0 radical (unpaired) electrons. The summed E-state index contributed by atoms with van der Waals surface area (Å²) in [5.41, 5.74) is 1.25. The van der Waals surface area contributed by atoms with Crippen LogP contribution >= 0.6 is 15.9 Å². The summed E-state index contributed by atoms with van der Waals surface area (Å²) >= 11 is 3.70. The molecule has 1 heterocycles. The predicted octanol–water partition coefficient (Wildman–Crippen LogP) is 4.07. The van der Waals surface area contributed by atoms with Crippen molar-refractivity contribution in [2.45, 2.75) is 57.1 Å². The molecule has 1 N–H and O–H groups in total. The van der Waals surface area contributed by atoms with Crippen LogP contribution in [0.1, 0.15) is 44.1 Å². The van der Waals surface area contributed by atoms with Gasteiger partial charge in [0.15, 0.2) is 11.5 Å². The maximum atomic E-state index is 6.34. The Morgan fingerprint density at radius 3 is 2.67 bits per heavy atom. The van der Waals surface area contributed by atoms with Crippen LogP contribution in [0.2, 0.25) is 0 Å². The van der Waals surface area contributed by atoms with Crippen molar-refractivity contribution in [3.8, 4) is 11.5 Å². The molecule has 3 nitrogen and oxygen atoms in total. The van der Waals surface area contributed by atoms with Gasteiger partial charge in [0.1, 0.15) is 0 Å². The fourth-order valence-electron chi connectivity index (χ4n) is 3.41. The molecule has 1 aliphatic heterocycles. The zero-order valence-corrected chi connectivity index (χ0v) is 14.2. The molecule has 0 spiro atoms. The summed E-state index contributed by atoms with van der Waals surface area (Å²) in [7, 11) is 1.72. The Morgan fingerprint density at radius 1 is 1.19 bits per heavy atom. The summed E-state index contributed by atoms with van der Waals surface area (Å²) < 4.78 is 13.0. The van der Waals surface area contributed by atoms with Gasteiger partial charge >= 0.3 is 0 Å². The fourth-order valence-corrected chi connectivity index (χ4v) is 3.89. The molecule has 2 fully saturated rings. The third-order valence-electron chi connectivity index (χ3n) is 4.59. The summed E-state index contributed by atoms with van der Waals surface area (Å²) in [5, 5.41) is 3.57. The van der Waals surface area contributed by atoms with E-state index < -0.39 is 0 Å². The Labute approximate surface area is 135 Å². The van der Waals surface area contributed by atoms with Gasteiger partial charge in [-0.1, -0.05) is 15.9 Å². The van der Waals surface area contributed by atoms with Gasteiger partial charge in [0.25, 0.3) is 0 Å². The predicted molar refractivity (Wildman–Crippen MR) is 88.3 cm³/mol. The number of hydrogen-bond donors (Lipinski definition) is 1. The lowest BCUT2D eigenvalue weighted by atomic mass is 10.0. The molecule has 1 atom stereocenters. The molecule has 21 heavy (non-hydrogen) atoms. The van der Waals surface area contributed by atoms with Crippen molar-refractivity contribution in [1.82, 2.24) is 5.32 Å². The van der Waals surface area contributed by atoms with Crippen LogP contribution in [-0.4, -0.2) is 25.8 Å². The first-order valence-corrected chi connectivity index (χ1v) is 8.82. The molecule has 1 saturated carbocycles. The van der Waals surface area contributed by atoms with Crippen LogP contribution in [0.3, 0.4) is 0 Å². The van der Waals surface area contributed by atoms with Gasteiger partial charge < -0.3 is 14.8 Å². The quantitative estimate of drug-likeness (QED) is 0.865. The summed E-state index contributed by atoms with van der Waals surface area (Å²) in [6.07, 6.45) is 8.75. The van der Waals surface area contributed by atoms with E-state index >= 15 is 0 Å². The molecular formula is C17H24BrNO2. The van der Waals surface area contributed by atoms with Crippen molar-refractivity contribution in [2.75, 3.05) is 13.7 Å². The van der Waals surface area contributed by atoms with E-state index in [2.05, 4.69) is 27.3 Å². The lowest BCUT2D eigenvalue weighted by molar-refractivity contribution is 0.198. The SMILES string of the molecule is COc1ccc(Br)c(CC2CCCN2)c1OC1CCCC1. The lowest BCUT2D eigenvalue weighted by Crippen LogP contribution is -2.24. The van der Waals surface area contributed by atoms with Gasteiger partial charge in [0.05, 0.1) is 13.2 Å². The van der Waals surface area contributed by atoms with Crippen LogP contribution in [0.4, 0.5) is 0 Å². The topological polar surface area (TPSA) is 30.5 Å². The largest absolute Gasteiger partial charge is 0.493 e. The zero-order chi connectivity index (χ0) is 14.7. The number of nitrogens with one attached hydrogen (secondary N) is 1. The standard InChI is InChI=1S/C17H24BrNO2/c1-20-16-9-8-15(18)14(11-12-5-4-10-19-12)17(16)21-13-6-2-3-7-13/h8-9,12-13,19H,2-7,10-11H2,1H3. The summed E-state index contributed by atoms with van der Waals surface area (Å²) in [6.45, 7) is 1.13. The highest BCUT2D eigenvalue weighted by molar-refractivity contribution is 9.10. The molecule has 4 heteroatoms. The molecule has 1 aromatic carbocycles. The molecule has 3 rings (SSSR count). The van der Waals surface area contributed by atoms with Crippen molar-refractivity contribution >= 4 is 15.9 Å². The first-order valence-electron chi connectivity index (χ1n) is 8.03. The Bertz CT molecular complexity index is 480. The van der Waals surface area contributed by atoms with Crippen molar-refractivity contribution in [1.29, 1.82) is 0 Å². The van der Waals surface area contributed by atoms with E-state index in [1.807, 2.05) is 6.07 Å². The van der Waals surface area contributed by atoms with E-state index in [0.29, 0.717) is 12.1 Å². The summed E-state index contributed by atoms with van der Waals surface area (Å²) in [4.78, 5) is 0. The molecular weight excluding hydrogens is 330 g/mol. The molecule has 2 aliphatic rings.